The Hall–Kier alpha value is -3.32. The van der Waals surface area contributed by atoms with Crippen molar-refractivity contribution in [3.05, 3.63) is 42.2 Å². The minimum atomic E-state index is -0.466. The van der Waals surface area contributed by atoms with E-state index in [2.05, 4.69) is 5.10 Å². The number of benzene rings is 1. The van der Waals surface area contributed by atoms with Crippen molar-refractivity contribution in [2.45, 2.75) is 0 Å². The van der Waals surface area contributed by atoms with E-state index < -0.39 is 5.91 Å². The fourth-order valence-electron chi connectivity index (χ4n) is 1.80. The van der Waals surface area contributed by atoms with E-state index in [0.717, 1.165) is 4.90 Å². The first-order valence-electron chi connectivity index (χ1n) is 6.11. The summed E-state index contributed by atoms with van der Waals surface area (Å²) in [6.45, 7) is -0.320. The fraction of sp³-hybridized carbons (Fsp3) is 0.143. The van der Waals surface area contributed by atoms with Crippen LogP contribution < -0.4 is 5.73 Å². The molecule has 0 saturated carbocycles. The molecule has 0 radical (unpaired) electrons. The van der Waals surface area contributed by atoms with Crippen molar-refractivity contribution in [1.82, 2.24) is 14.7 Å². The molecule has 21 heavy (non-hydrogen) atoms. The molecule has 0 fully saturated rings. The SMILES string of the molecule is N#CCN(CC#N)C(=O)c1ccn(-c2ccccc2N)n1. The van der Waals surface area contributed by atoms with Crippen molar-refractivity contribution < 1.29 is 4.79 Å². The molecule has 2 rings (SSSR count). The van der Waals surface area contributed by atoms with E-state index >= 15 is 0 Å². The first-order chi connectivity index (χ1) is 10.2. The largest absolute Gasteiger partial charge is 0.397 e. The summed E-state index contributed by atoms with van der Waals surface area (Å²) in [4.78, 5) is 13.3. The number of nitriles is 2. The number of aromatic nitrogens is 2. The first-order valence-corrected chi connectivity index (χ1v) is 6.11. The van der Waals surface area contributed by atoms with E-state index in [-0.39, 0.29) is 18.8 Å². The quantitative estimate of drug-likeness (QED) is 0.661. The van der Waals surface area contributed by atoms with E-state index in [4.69, 9.17) is 16.3 Å². The van der Waals surface area contributed by atoms with Gasteiger partial charge in [0.25, 0.3) is 5.91 Å². The van der Waals surface area contributed by atoms with Gasteiger partial charge in [0.15, 0.2) is 5.69 Å². The van der Waals surface area contributed by atoms with Crippen molar-refractivity contribution in [3.8, 4) is 17.8 Å². The number of nitrogens with zero attached hydrogens (tertiary/aromatic N) is 5. The predicted molar refractivity (Wildman–Crippen MR) is 75.1 cm³/mol. The number of hydrogen-bond donors (Lipinski definition) is 1. The van der Waals surface area contributed by atoms with Crippen LogP contribution in [-0.2, 0) is 0 Å². The Morgan fingerprint density at radius 3 is 2.52 bits per heavy atom. The van der Waals surface area contributed by atoms with Crippen molar-refractivity contribution in [1.29, 1.82) is 10.5 Å². The van der Waals surface area contributed by atoms with Crippen LogP contribution in [0.2, 0.25) is 0 Å². The van der Waals surface area contributed by atoms with E-state index in [9.17, 15) is 4.79 Å². The number of rotatable bonds is 4. The van der Waals surface area contributed by atoms with Crippen LogP contribution in [0.4, 0.5) is 5.69 Å². The first kappa shape index (κ1) is 14.1. The molecule has 104 valence electrons. The third-order valence-corrected chi connectivity index (χ3v) is 2.80. The van der Waals surface area contributed by atoms with Gasteiger partial charge in [0.2, 0.25) is 0 Å². The molecular weight excluding hydrogens is 268 g/mol. The van der Waals surface area contributed by atoms with E-state index in [1.807, 2.05) is 18.2 Å². The smallest absolute Gasteiger partial charge is 0.276 e. The van der Waals surface area contributed by atoms with E-state index in [0.29, 0.717) is 11.4 Å². The number of para-hydroxylation sites is 2. The van der Waals surface area contributed by atoms with Gasteiger partial charge >= 0.3 is 0 Å². The molecule has 0 unspecified atom stereocenters. The Kier molecular flexibility index (Phi) is 4.17. The average Bonchev–Trinajstić information content (AvgIpc) is 2.96. The molecule has 0 bridgehead atoms. The van der Waals surface area contributed by atoms with Gasteiger partial charge in [0.05, 0.1) is 23.5 Å². The Labute approximate surface area is 121 Å². The Morgan fingerprint density at radius 2 is 1.90 bits per heavy atom. The zero-order valence-corrected chi connectivity index (χ0v) is 11.1. The van der Waals surface area contributed by atoms with Crippen molar-refractivity contribution in [3.63, 3.8) is 0 Å². The molecule has 0 aliphatic heterocycles. The second-order valence-corrected chi connectivity index (χ2v) is 4.18. The molecule has 0 saturated heterocycles. The van der Waals surface area contributed by atoms with Gasteiger partial charge in [-0.2, -0.15) is 15.6 Å². The molecule has 1 aromatic carbocycles. The van der Waals surface area contributed by atoms with E-state index in [1.54, 1.807) is 24.4 Å². The molecule has 0 aliphatic carbocycles. The highest BCUT2D eigenvalue weighted by atomic mass is 16.2. The van der Waals surface area contributed by atoms with Crippen LogP contribution in [0.25, 0.3) is 5.69 Å². The van der Waals surface area contributed by atoms with Crippen LogP contribution in [0.5, 0.6) is 0 Å². The summed E-state index contributed by atoms with van der Waals surface area (Å²) >= 11 is 0. The highest BCUT2D eigenvalue weighted by Crippen LogP contribution is 2.16. The third-order valence-electron chi connectivity index (χ3n) is 2.80. The number of hydrogen-bond acceptors (Lipinski definition) is 5. The standard InChI is InChI=1S/C14H12N6O/c15-6-9-19(10-7-16)14(21)12-5-8-20(18-12)13-4-2-1-3-11(13)17/h1-5,8H,9-10,17H2. The van der Waals surface area contributed by atoms with Crippen molar-refractivity contribution >= 4 is 11.6 Å². The van der Waals surface area contributed by atoms with Crippen LogP contribution >= 0.6 is 0 Å². The molecule has 0 aliphatic rings. The lowest BCUT2D eigenvalue weighted by Crippen LogP contribution is -2.32. The highest BCUT2D eigenvalue weighted by molar-refractivity contribution is 5.92. The maximum Gasteiger partial charge on any atom is 0.276 e. The molecule has 1 aromatic heterocycles. The van der Waals surface area contributed by atoms with Gasteiger partial charge in [-0.3, -0.25) is 4.79 Å². The molecule has 2 aromatic rings. The van der Waals surface area contributed by atoms with Crippen molar-refractivity contribution in [2.24, 2.45) is 0 Å². The van der Waals surface area contributed by atoms with Crippen LogP contribution in [0.1, 0.15) is 10.5 Å². The second kappa shape index (κ2) is 6.22. The number of amides is 1. The molecule has 0 atom stereocenters. The fourth-order valence-corrected chi connectivity index (χ4v) is 1.80. The van der Waals surface area contributed by atoms with Gasteiger partial charge < -0.3 is 10.6 Å². The average molecular weight is 280 g/mol. The van der Waals surface area contributed by atoms with Crippen LogP contribution in [-0.4, -0.2) is 33.7 Å². The monoisotopic (exact) mass is 280 g/mol. The summed E-state index contributed by atoms with van der Waals surface area (Å²) in [6.07, 6.45) is 1.61. The van der Waals surface area contributed by atoms with Gasteiger partial charge in [0.1, 0.15) is 13.1 Å². The second-order valence-electron chi connectivity index (χ2n) is 4.18. The normalized spacial score (nSPS) is 9.62. The maximum absolute atomic E-state index is 12.2. The molecule has 1 amide bonds. The summed E-state index contributed by atoms with van der Waals surface area (Å²) in [7, 11) is 0. The summed E-state index contributed by atoms with van der Waals surface area (Å²) in [5.74, 6) is -0.466. The summed E-state index contributed by atoms with van der Waals surface area (Å²) in [5, 5.41) is 21.5. The van der Waals surface area contributed by atoms with Crippen molar-refractivity contribution in [2.75, 3.05) is 18.8 Å². The number of anilines is 1. The lowest BCUT2D eigenvalue weighted by molar-refractivity contribution is 0.0788. The molecule has 0 spiro atoms. The Balaban J connectivity index is 2.28. The zero-order chi connectivity index (χ0) is 15.2. The predicted octanol–water partition coefficient (Wildman–Crippen LogP) is 0.944. The lowest BCUT2D eigenvalue weighted by Gasteiger charge is -2.13. The molecule has 7 heteroatoms. The van der Waals surface area contributed by atoms with Gasteiger partial charge in [-0.05, 0) is 18.2 Å². The number of nitrogen functional groups attached to an aromatic ring is 1. The van der Waals surface area contributed by atoms with Crippen LogP contribution in [0, 0.1) is 22.7 Å². The van der Waals surface area contributed by atoms with Gasteiger partial charge in [-0.15, -0.1) is 0 Å². The minimum absolute atomic E-state index is 0.156. The molecule has 2 N–H and O–H groups in total. The number of nitrogens with two attached hydrogens (primary N) is 1. The van der Waals surface area contributed by atoms with E-state index in [1.165, 1.54) is 10.7 Å². The Morgan fingerprint density at radius 1 is 1.24 bits per heavy atom. The summed E-state index contributed by atoms with van der Waals surface area (Å²) in [5.41, 5.74) is 7.20. The summed E-state index contributed by atoms with van der Waals surface area (Å²) < 4.78 is 1.49. The van der Waals surface area contributed by atoms with Gasteiger partial charge in [-0.25, -0.2) is 4.68 Å². The minimum Gasteiger partial charge on any atom is -0.397 e. The lowest BCUT2D eigenvalue weighted by atomic mass is 10.3. The topological polar surface area (TPSA) is 112 Å². The molecular formula is C14H12N6O. The van der Waals surface area contributed by atoms with Gasteiger partial charge in [0, 0.05) is 6.20 Å². The van der Waals surface area contributed by atoms with Gasteiger partial charge in [-0.1, -0.05) is 12.1 Å². The maximum atomic E-state index is 12.2. The van der Waals surface area contributed by atoms with Crippen LogP contribution in [0.15, 0.2) is 36.5 Å². The third kappa shape index (κ3) is 2.99. The highest BCUT2D eigenvalue weighted by Gasteiger charge is 2.18. The van der Waals surface area contributed by atoms with Crippen LogP contribution in [0.3, 0.4) is 0 Å². The summed E-state index contributed by atoms with van der Waals surface area (Å²) in [6, 6.07) is 12.3. The zero-order valence-electron chi connectivity index (χ0n) is 11.1. The molecule has 1 heterocycles. The number of carbonyl (C=O) groups excluding carboxylic acids is 1. The Bertz CT molecular complexity index is 720. The molecule has 7 nitrogen and oxygen atoms in total. The number of carbonyl (C=O) groups is 1.